The number of carbonyl (C=O) groups is 1. The molecule has 0 bridgehead atoms. The molecule has 0 saturated carbocycles. The molecule has 1 aromatic carbocycles. The van der Waals surface area contributed by atoms with Gasteiger partial charge in [-0.15, -0.1) is 0 Å². The summed E-state index contributed by atoms with van der Waals surface area (Å²) >= 11 is 1.17. The van der Waals surface area contributed by atoms with Crippen molar-refractivity contribution in [3.8, 4) is 0 Å². The van der Waals surface area contributed by atoms with Crippen molar-refractivity contribution >= 4 is 17.7 Å². The summed E-state index contributed by atoms with van der Waals surface area (Å²) in [6.07, 6.45) is 3.19. The maximum absolute atomic E-state index is 12.0. The zero-order valence-corrected chi connectivity index (χ0v) is 11.1. The predicted octanol–water partition coefficient (Wildman–Crippen LogP) is 2.11. The van der Waals surface area contributed by atoms with Crippen LogP contribution >= 0.6 is 11.8 Å². The van der Waals surface area contributed by atoms with E-state index in [1.165, 1.54) is 23.9 Å². The predicted molar refractivity (Wildman–Crippen MR) is 71.7 cm³/mol. The highest BCUT2D eigenvalue weighted by atomic mass is 32.2. The second-order valence-electron chi connectivity index (χ2n) is 3.76. The van der Waals surface area contributed by atoms with E-state index in [2.05, 4.69) is 4.98 Å². The first-order valence-corrected chi connectivity index (χ1v) is 6.50. The maximum atomic E-state index is 12.0. The van der Waals surface area contributed by atoms with Crippen molar-refractivity contribution in [1.82, 2.24) is 9.55 Å². The first-order valence-electron chi connectivity index (χ1n) is 5.68. The number of aromatic nitrogens is 2. The molecule has 2 rings (SSSR count). The number of carboxylic acids is 1. The molecule has 2 aromatic rings. The zero-order valence-electron chi connectivity index (χ0n) is 10.2. The zero-order chi connectivity index (χ0) is 13.8. The van der Waals surface area contributed by atoms with Gasteiger partial charge in [0.05, 0.1) is 5.56 Å². The largest absolute Gasteiger partial charge is 0.478 e. The lowest BCUT2D eigenvalue weighted by Gasteiger charge is -2.04. The SMILES string of the molecule is CCn1ccnc(Sc2cccc(C(=O)O)c2)c1=O. The van der Waals surface area contributed by atoms with Crippen LogP contribution in [-0.4, -0.2) is 20.6 Å². The standard InChI is InChI=1S/C13H12N2O3S/c1-2-15-7-6-14-11(12(15)16)19-10-5-3-4-9(8-10)13(17)18/h3-8H,2H2,1H3,(H,17,18). The maximum Gasteiger partial charge on any atom is 0.335 e. The summed E-state index contributed by atoms with van der Waals surface area (Å²) in [6, 6.07) is 6.43. The van der Waals surface area contributed by atoms with Gasteiger partial charge >= 0.3 is 5.97 Å². The third-order valence-corrected chi connectivity index (χ3v) is 3.48. The molecule has 0 aliphatic rings. The van der Waals surface area contributed by atoms with E-state index in [0.29, 0.717) is 16.5 Å². The summed E-state index contributed by atoms with van der Waals surface area (Å²) in [6.45, 7) is 2.45. The fourth-order valence-electron chi connectivity index (χ4n) is 1.55. The van der Waals surface area contributed by atoms with Crippen molar-refractivity contribution in [2.75, 3.05) is 0 Å². The molecule has 0 fully saturated rings. The van der Waals surface area contributed by atoms with Crippen LogP contribution < -0.4 is 5.56 Å². The van der Waals surface area contributed by atoms with Crippen LogP contribution in [0.25, 0.3) is 0 Å². The van der Waals surface area contributed by atoms with E-state index in [1.54, 1.807) is 29.1 Å². The van der Waals surface area contributed by atoms with E-state index in [4.69, 9.17) is 5.11 Å². The minimum atomic E-state index is -0.991. The molecule has 0 saturated heterocycles. The van der Waals surface area contributed by atoms with E-state index in [1.807, 2.05) is 6.92 Å². The van der Waals surface area contributed by atoms with Gasteiger partial charge in [-0.25, -0.2) is 9.78 Å². The number of benzene rings is 1. The second-order valence-corrected chi connectivity index (χ2v) is 4.82. The fourth-order valence-corrected chi connectivity index (χ4v) is 2.42. The Labute approximate surface area is 113 Å². The van der Waals surface area contributed by atoms with E-state index in [9.17, 15) is 9.59 Å². The van der Waals surface area contributed by atoms with Gasteiger partial charge < -0.3 is 9.67 Å². The number of aromatic carboxylic acids is 1. The Hall–Kier alpha value is -2.08. The Morgan fingerprint density at radius 3 is 2.95 bits per heavy atom. The Bertz CT molecular complexity index is 667. The Balaban J connectivity index is 2.34. The van der Waals surface area contributed by atoms with E-state index in [0.717, 1.165) is 0 Å². The first-order chi connectivity index (χ1) is 9.11. The van der Waals surface area contributed by atoms with E-state index in [-0.39, 0.29) is 11.1 Å². The number of hydrogen-bond donors (Lipinski definition) is 1. The average Bonchev–Trinajstić information content (AvgIpc) is 2.41. The molecule has 0 aliphatic carbocycles. The monoisotopic (exact) mass is 276 g/mol. The molecular weight excluding hydrogens is 264 g/mol. The number of aryl methyl sites for hydroxylation is 1. The molecule has 0 atom stereocenters. The molecule has 0 amide bonds. The van der Waals surface area contributed by atoms with Gasteiger partial charge in [-0.05, 0) is 25.1 Å². The van der Waals surface area contributed by atoms with Gasteiger partial charge in [-0.3, -0.25) is 4.79 Å². The molecule has 1 aromatic heterocycles. The first kappa shape index (κ1) is 13.4. The summed E-state index contributed by atoms with van der Waals surface area (Å²) in [5.74, 6) is -0.991. The Morgan fingerprint density at radius 2 is 2.26 bits per heavy atom. The molecule has 98 valence electrons. The minimum absolute atomic E-state index is 0.171. The summed E-state index contributed by atoms with van der Waals surface area (Å²) in [5.41, 5.74) is 0.0208. The fraction of sp³-hybridized carbons (Fsp3) is 0.154. The Morgan fingerprint density at radius 1 is 1.47 bits per heavy atom. The van der Waals surface area contributed by atoms with Crippen molar-refractivity contribution in [1.29, 1.82) is 0 Å². The van der Waals surface area contributed by atoms with Crippen molar-refractivity contribution in [3.05, 3.63) is 52.6 Å². The third-order valence-electron chi connectivity index (χ3n) is 2.52. The minimum Gasteiger partial charge on any atom is -0.478 e. The Kier molecular flexibility index (Phi) is 4.01. The molecule has 1 N–H and O–H groups in total. The quantitative estimate of drug-likeness (QED) is 0.926. The van der Waals surface area contributed by atoms with Gasteiger partial charge in [-0.2, -0.15) is 0 Å². The van der Waals surface area contributed by atoms with Crippen molar-refractivity contribution in [2.45, 2.75) is 23.4 Å². The van der Waals surface area contributed by atoms with Crippen molar-refractivity contribution < 1.29 is 9.90 Å². The van der Waals surface area contributed by atoms with Gasteiger partial charge in [0.25, 0.3) is 5.56 Å². The third kappa shape index (κ3) is 3.03. The molecule has 0 aliphatic heterocycles. The van der Waals surface area contributed by atoms with E-state index < -0.39 is 5.97 Å². The lowest BCUT2D eigenvalue weighted by Crippen LogP contribution is -2.20. The van der Waals surface area contributed by atoms with Gasteiger partial charge in [0, 0.05) is 23.8 Å². The molecule has 0 unspecified atom stereocenters. The molecule has 0 spiro atoms. The van der Waals surface area contributed by atoms with Gasteiger partial charge in [0.15, 0.2) is 5.03 Å². The molecule has 6 heteroatoms. The van der Waals surface area contributed by atoms with Crippen molar-refractivity contribution in [3.63, 3.8) is 0 Å². The molecule has 19 heavy (non-hydrogen) atoms. The van der Waals surface area contributed by atoms with Gasteiger partial charge in [-0.1, -0.05) is 17.8 Å². The van der Waals surface area contributed by atoms with Crippen LogP contribution in [0.1, 0.15) is 17.3 Å². The lowest BCUT2D eigenvalue weighted by atomic mass is 10.2. The summed E-state index contributed by atoms with van der Waals surface area (Å²) < 4.78 is 1.55. The molecule has 0 radical (unpaired) electrons. The second kappa shape index (κ2) is 5.71. The van der Waals surface area contributed by atoms with Crippen LogP contribution in [0.4, 0.5) is 0 Å². The summed E-state index contributed by atoms with van der Waals surface area (Å²) in [4.78, 5) is 27.6. The number of hydrogen-bond acceptors (Lipinski definition) is 4. The molecule has 5 nitrogen and oxygen atoms in total. The summed E-state index contributed by atoms with van der Waals surface area (Å²) in [5, 5.41) is 9.26. The number of nitrogens with zero attached hydrogens (tertiary/aromatic N) is 2. The van der Waals surface area contributed by atoms with Crippen LogP contribution in [-0.2, 0) is 6.54 Å². The summed E-state index contributed by atoms with van der Waals surface area (Å²) in [7, 11) is 0. The molecular formula is C13H12N2O3S. The molecule has 1 heterocycles. The van der Waals surface area contributed by atoms with E-state index >= 15 is 0 Å². The number of rotatable bonds is 4. The van der Waals surface area contributed by atoms with Crippen molar-refractivity contribution in [2.24, 2.45) is 0 Å². The van der Waals surface area contributed by atoms with Gasteiger partial charge in [0.2, 0.25) is 0 Å². The topological polar surface area (TPSA) is 72.2 Å². The lowest BCUT2D eigenvalue weighted by molar-refractivity contribution is 0.0696. The highest BCUT2D eigenvalue weighted by Crippen LogP contribution is 2.24. The van der Waals surface area contributed by atoms with Crippen LogP contribution in [0.3, 0.4) is 0 Å². The average molecular weight is 276 g/mol. The van der Waals surface area contributed by atoms with Crippen LogP contribution in [0.15, 0.2) is 51.4 Å². The van der Waals surface area contributed by atoms with Crippen LogP contribution in [0.5, 0.6) is 0 Å². The van der Waals surface area contributed by atoms with Crippen LogP contribution in [0, 0.1) is 0 Å². The highest BCUT2D eigenvalue weighted by molar-refractivity contribution is 7.99. The van der Waals surface area contributed by atoms with Gasteiger partial charge in [0.1, 0.15) is 0 Å². The highest BCUT2D eigenvalue weighted by Gasteiger charge is 2.08. The smallest absolute Gasteiger partial charge is 0.335 e. The normalized spacial score (nSPS) is 10.4. The number of carboxylic acid groups (broad SMARTS) is 1. The van der Waals surface area contributed by atoms with Crippen LogP contribution in [0.2, 0.25) is 0 Å².